The molecule has 2 aromatic rings. The first kappa shape index (κ1) is 15.5. The van der Waals surface area contributed by atoms with Crippen molar-refractivity contribution in [1.82, 2.24) is 5.32 Å². The average molecular weight is 303 g/mol. The van der Waals surface area contributed by atoms with E-state index in [1.165, 1.54) is 11.1 Å². The van der Waals surface area contributed by atoms with Crippen LogP contribution in [-0.4, -0.2) is 19.0 Å². The molecule has 0 heterocycles. The van der Waals surface area contributed by atoms with Crippen LogP contribution in [0.15, 0.2) is 48.5 Å². The molecule has 0 aliphatic heterocycles. The van der Waals surface area contributed by atoms with Crippen LogP contribution in [0.4, 0.5) is 5.69 Å². The van der Waals surface area contributed by atoms with Crippen molar-refractivity contribution in [2.75, 3.05) is 18.4 Å². The Morgan fingerprint density at radius 2 is 1.71 bits per heavy atom. The van der Waals surface area contributed by atoms with Gasteiger partial charge in [-0.15, -0.1) is 0 Å². The quantitative estimate of drug-likeness (QED) is 0.803. The molecule has 0 fully saturated rings. The number of hydrogen-bond donors (Lipinski definition) is 2. The van der Waals surface area contributed by atoms with Gasteiger partial charge in [0.1, 0.15) is 0 Å². The molecule has 0 unspecified atom stereocenters. The lowest BCUT2D eigenvalue weighted by Gasteiger charge is -2.07. The highest BCUT2D eigenvalue weighted by Crippen LogP contribution is 2.10. The predicted molar refractivity (Wildman–Crippen MR) is 87.8 cm³/mol. The predicted octanol–water partition coefficient (Wildman–Crippen LogP) is 3.42. The van der Waals surface area contributed by atoms with Crippen molar-refractivity contribution in [2.24, 2.45) is 0 Å². The highest BCUT2D eigenvalue weighted by molar-refractivity contribution is 6.30. The van der Waals surface area contributed by atoms with Gasteiger partial charge in [-0.1, -0.05) is 41.4 Å². The fourth-order valence-corrected chi connectivity index (χ4v) is 2.05. The zero-order valence-electron chi connectivity index (χ0n) is 12.0. The van der Waals surface area contributed by atoms with E-state index in [1.54, 1.807) is 0 Å². The van der Waals surface area contributed by atoms with E-state index < -0.39 is 0 Å². The minimum Gasteiger partial charge on any atom is -0.325 e. The van der Waals surface area contributed by atoms with Crippen molar-refractivity contribution in [1.29, 1.82) is 0 Å². The second-order valence-corrected chi connectivity index (χ2v) is 5.40. The Labute approximate surface area is 130 Å². The molecule has 2 aromatic carbocycles. The summed E-state index contributed by atoms with van der Waals surface area (Å²) in [7, 11) is 0. The minimum atomic E-state index is -0.0324. The first-order chi connectivity index (χ1) is 10.1. The zero-order chi connectivity index (χ0) is 15.1. The Bertz CT molecular complexity index is 579. The maximum Gasteiger partial charge on any atom is 0.238 e. The fourth-order valence-electron chi connectivity index (χ4n) is 1.93. The minimum absolute atomic E-state index is 0.0324. The van der Waals surface area contributed by atoms with Crippen LogP contribution in [0.5, 0.6) is 0 Å². The van der Waals surface area contributed by atoms with Crippen LogP contribution in [0.1, 0.15) is 11.1 Å². The van der Waals surface area contributed by atoms with Crippen molar-refractivity contribution in [3.63, 3.8) is 0 Å². The molecule has 0 radical (unpaired) electrons. The van der Waals surface area contributed by atoms with Gasteiger partial charge in [0.05, 0.1) is 6.54 Å². The number of rotatable bonds is 6. The molecule has 0 aliphatic carbocycles. The Morgan fingerprint density at radius 3 is 2.38 bits per heavy atom. The maximum absolute atomic E-state index is 11.8. The second kappa shape index (κ2) is 7.81. The molecule has 110 valence electrons. The van der Waals surface area contributed by atoms with Crippen molar-refractivity contribution in [2.45, 2.75) is 13.3 Å². The largest absolute Gasteiger partial charge is 0.325 e. The molecule has 0 spiro atoms. The third-order valence-electron chi connectivity index (χ3n) is 3.12. The lowest BCUT2D eigenvalue weighted by atomic mass is 10.1. The summed E-state index contributed by atoms with van der Waals surface area (Å²) in [5.74, 6) is -0.0324. The summed E-state index contributed by atoms with van der Waals surface area (Å²) in [5, 5.41) is 6.73. The summed E-state index contributed by atoms with van der Waals surface area (Å²) >= 11 is 5.83. The fraction of sp³-hybridized carbons (Fsp3) is 0.235. The third kappa shape index (κ3) is 5.58. The molecule has 0 aromatic heterocycles. The van der Waals surface area contributed by atoms with Gasteiger partial charge in [0.2, 0.25) is 5.91 Å². The number of halogens is 1. The third-order valence-corrected chi connectivity index (χ3v) is 3.38. The molecule has 2 N–H and O–H groups in total. The van der Waals surface area contributed by atoms with Crippen molar-refractivity contribution >= 4 is 23.2 Å². The van der Waals surface area contributed by atoms with Crippen LogP contribution in [0.25, 0.3) is 0 Å². The Balaban J connectivity index is 1.67. The van der Waals surface area contributed by atoms with E-state index in [9.17, 15) is 4.79 Å². The highest BCUT2D eigenvalue weighted by Gasteiger charge is 2.01. The number of benzene rings is 2. The smallest absolute Gasteiger partial charge is 0.238 e. The van der Waals surface area contributed by atoms with Crippen LogP contribution in [0, 0.1) is 6.92 Å². The lowest BCUT2D eigenvalue weighted by Crippen LogP contribution is -2.29. The van der Waals surface area contributed by atoms with E-state index in [1.807, 2.05) is 55.5 Å². The molecule has 1 amide bonds. The number of anilines is 1. The van der Waals surface area contributed by atoms with Gasteiger partial charge >= 0.3 is 0 Å². The molecule has 0 saturated carbocycles. The molecule has 0 atom stereocenters. The SMILES string of the molecule is Cc1ccc(NC(=O)CNCCc2ccc(Cl)cc2)cc1. The van der Waals surface area contributed by atoms with Crippen LogP contribution in [-0.2, 0) is 11.2 Å². The van der Waals surface area contributed by atoms with Gasteiger partial charge in [0.25, 0.3) is 0 Å². The van der Waals surface area contributed by atoms with E-state index in [-0.39, 0.29) is 5.91 Å². The molecule has 4 heteroatoms. The van der Waals surface area contributed by atoms with Gasteiger partial charge < -0.3 is 10.6 Å². The first-order valence-electron chi connectivity index (χ1n) is 6.95. The number of aryl methyl sites for hydroxylation is 1. The van der Waals surface area contributed by atoms with E-state index in [0.717, 1.165) is 23.7 Å². The van der Waals surface area contributed by atoms with Crippen molar-refractivity contribution in [3.05, 3.63) is 64.7 Å². The highest BCUT2D eigenvalue weighted by atomic mass is 35.5. The summed E-state index contributed by atoms with van der Waals surface area (Å²) in [6.07, 6.45) is 0.870. The van der Waals surface area contributed by atoms with Crippen LogP contribution < -0.4 is 10.6 Å². The number of nitrogens with one attached hydrogen (secondary N) is 2. The van der Waals surface area contributed by atoms with Crippen molar-refractivity contribution in [3.8, 4) is 0 Å². The van der Waals surface area contributed by atoms with Gasteiger partial charge in [-0.2, -0.15) is 0 Å². The summed E-state index contributed by atoms with van der Waals surface area (Å²) < 4.78 is 0. The number of amides is 1. The molecular weight excluding hydrogens is 284 g/mol. The molecular formula is C17H19ClN2O. The van der Waals surface area contributed by atoms with Gasteiger partial charge in [-0.3, -0.25) is 4.79 Å². The van der Waals surface area contributed by atoms with Gasteiger partial charge in [-0.05, 0) is 49.7 Å². The number of carbonyl (C=O) groups excluding carboxylic acids is 1. The van der Waals surface area contributed by atoms with E-state index in [0.29, 0.717) is 6.54 Å². The summed E-state index contributed by atoms with van der Waals surface area (Å²) in [4.78, 5) is 11.8. The second-order valence-electron chi connectivity index (χ2n) is 4.97. The Morgan fingerprint density at radius 1 is 1.05 bits per heavy atom. The Kier molecular flexibility index (Phi) is 5.78. The summed E-state index contributed by atoms with van der Waals surface area (Å²) in [6.45, 7) is 3.08. The lowest BCUT2D eigenvalue weighted by molar-refractivity contribution is -0.115. The molecule has 0 saturated heterocycles. The van der Waals surface area contributed by atoms with E-state index in [4.69, 9.17) is 11.6 Å². The normalized spacial score (nSPS) is 10.4. The monoisotopic (exact) mass is 302 g/mol. The maximum atomic E-state index is 11.8. The molecule has 0 aliphatic rings. The Hall–Kier alpha value is -1.84. The number of carbonyl (C=O) groups is 1. The zero-order valence-corrected chi connectivity index (χ0v) is 12.8. The summed E-state index contributed by atoms with van der Waals surface area (Å²) in [6, 6.07) is 15.5. The van der Waals surface area contributed by atoms with E-state index >= 15 is 0 Å². The van der Waals surface area contributed by atoms with Crippen LogP contribution >= 0.6 is 11.6 Å². The van der Waals surface area contributed by atoms with Gasteiger partial charge in [-0.25, -0.2) is 0 Å². The standard InChI is InChI=1S/C17H19ClN2O/c1-13-2-8-16(9-3-13)20-17(21)12-19-11-10-14-4-6-15(18)7-5-14/h2-9,19H,10-12H2,1H3,(H,20,21). The van der Waals surface area contributed by atoms with E-state index in [2.05, 4.69) is 10.6 Å². The topological polar surface area (TPSA) is 41.1 Å². The van der Waals surface area contributed by atoms with Gasteiger partial charge in [0, 0.05) is 10.7 Å². The van der Waals surface area contributed by atoms with Crippen molar-refractivity contribution < 1.29 is 4.79 Å². The molecule has 3 nitrogen and oxygen atoms in total. The average Bonchev–Trinajstić information content (AvgIpc) is 2.48. The van der Waals surface area contributed by atoms with Crippen LogP contribution in [0.3, 0.4) is 0 Å². The first-order valence-corrected chi connectivity index (χ1v) is 7.33. The molecule has 2 rings (SSSR count). The van der Waals surface area contributed by atoms with Crippen LogP contribution in [0.2, 0.25) is 5.02 Å². The van der Waals surface area contributed by atoms with Gasteiger partial charge in [0.15, 0.2) is 0 Å². The molecule has 0 bridgehead atoms. The molecule has 21 heavy (non-hydrogen) atoms. The number of hydrogen-bond acceptors (Lipinski definition) is 2. The summed E-state index contributed by atoms with van der Waals surface area (Å²) in [5.41, 5.74) is 3.20.